The topological polar surface area (TPSA) is 63.7 Å². The first-order valence-corrected chi connectivity index (χ1v) is 20.5. The molecule has 0 radical (unpaired) electrons. The number of carbonyl (C=O) groups excluding carboxylic acids is 3. The van der Waals surface area contributed by atoms with E-state index < -0.39 is 0 Å². The number of esters is 1. The van der Waals surface area contributed by atoms with Crippen molar-refractivity contribution in [2.75, 3.05) is 32.5 Å². The number of methoxy groups -OCH3 is 1. The molecule has 0 amide bonds. The van der Waals surface area contributed by atoms with Crippen molar-refractivity contribution in [3.05, 3.63) is 53.6 Å². The number of nitrogens with zero attached hydrogens (tertiary/aromatic N) is 1. The molecule has 0 N–H and O–H groups in total. The van der Waals surface area contributed by atoms with Gasteiger partial charge in [0.15, 0.2) is 5.62 Å². The smallest absolute Gasteiger partial charge is 0.337 e. The van der Waals surface area contributed by atoms with Crippen LogP contribution < -0.4 is 0 Å². The molecule has 0 bridgehead atoms. The van der Waals surface area contributed by atoms with E-state index in [-0.39, 0.29) is 33.0 Å². The lowest BCUT2D eigenvalue weighted by Crippen LogP contribution is -2.66. The van der Waals surface area contributed by atoms with Gasteiger partial charge in [-0.15, -0.1) is 0 Å². The number of fused-ring (bicyclic) bond motifs is 7. The molecule has 6 rings (SSSR count). The lowest BCUT2D eigenvalue weighted by atomic mass is 9.32. The van der Waals surface area contributed by atoms with Crippen molar-refractivity contribution in [1.82, 2.24) is 4.90 Å². The molecular formula is C44H63NO4S. The average Bonchev–Trinajstić information content (AvgIpc) is 3.47. The molecule has 0 heterocycles. The van der Waals surface area contributed by atoms with Gasteiger partial charge in [0.25, 0.3) is 0 Å². The summed E-state index contributed by atoms with van der Waals surface area (Å²) >= 11 is 1.35. The summed E-state index contributed by atoms with van der Waals surface area (Å²) in [5.41, 5.74) is 6.66. The fourth-order valence-electron chi connectivity index (χ4n) is 13.7. The Hall–Kier alpha value is -2.18. The number of rotatable bonds is 12. The van der Waals surface area contributed by atoms with Crippen LogP contribution in [0.1, 0.15) is 122 Å². The molecule has 4 saturated carbocycles. The highest BCUT2D eigenvalue weighted by Crippen LogP contribution is 2.77. The van der Waals surface area contributed by atoms with Crippen LogP contribution in [0.2, 0.25) is 0 Å². The molecule has 1 aromatic carbocycles. The molecule has 5 aliphatic carbocycles. The van der Waals surface area contributed by atoms with Crippen LogP contribution in [0.3, 0.4) is 0 Å². The first-order valence-electron chi connectivity index (χ1n) is 19.5. The second-order valence-electron chi connectivity index (χ2n) is 18.4. The summed E-state index contributed by atoms with van der Waals surface area (Å²) in [6.07, 6.45) is 15.5. The molecule has 0 aliphatic heterocycles. The van der Waals surface area contributed by atoms with Crippen molar-refractivity contribution in [1.29, 1.82) is 0 Å². The fraction of sp³-hybridized carbons (Fsp3) is 0.705. The first-order chi connectivity index (χ1) is 23.7. The summed E-state index contributed by atoms with van der Waals surface area (Å²) in [5, 5.41) is 0. The van der Waals surface area contributed by atoms with Crippen LogP contribution in [0.4, 0.5) is 0 Å². The van der Waals surface area contributed by atoms with E-state index in [1.165, 1.54) is 86.9 Å². The van der Waals surface area contributed by atoms with Gasteiger partial charge in [-0.25, -0.2) is 4.79 Å². The van der Waals surface area contributed by atoms with Gasteiger partial charge in [-0.3, -0.25) is 4.79 Å². The Morgan fingerprint density at radius 2 is 1.68 bits per heavy atom. The Balaban J connectivity index is 1.31. The SMILES string of the molecule is C=C(C)[C@@H]1CC[C@]2(CN(CCC=O)CCSC=O)CC[C@]3(C)[C@H](CC[C@@H]4[C@@]5(C)CC=C(c6ccc(C(=O)OC)cc6)C(C)(C)[C@@H]5CC[C@]43C)[C@@H]12. The highest BCUT2D eigenvalue weighted by molar-refractivity contribution is 8.11. The summed E-state index contributed by atoms with van der Waals surface area (Å²) in [6, 6.07) is 8.08. The third-order valence-corrected chi connectivity index (χ3v) is 16.7. The maximum absolute atomic E-state index is 12.1. The molecule has 5 nitrogen and oxygen atoms in total. The molecular weight excluding hydrogens is 639 g/mol. The van der Waals surface area contributed by atoms with Crippen LogP contribution in [-0.4, -0.2) is 55.3 Å². The Labute approximate surface area is 306 Å². The van der Waals surface area contributed by atoms with E-state index in [0.717, 1.165) is 43.7 Å². The zero-order valence-electron chi connectivity index (χ0n) is 32.0. The minimum absolute atomic E-state index is 0.0319. The Bertz CT molecular complexity index is 1500. The van der Waals surface area contributed by atoms with E-state index in [1.54, 1.807) is 0 Å². The van der Waals surface area contributed by atoms with Gasteiger partial charge in [0.2, 0.25) is 0 Å². The molecule has 4 fully saturated rings. The number of aldehydes is 1. The molecule has 5 aliphatic rings. The van der Waals surface area contributed by atoms with E-state index in [9.17, 15) is 14.4 Å². The van der Waals surface area contributed by atoms with E-state index in [4.69, 9.17) is 4.74 Å². The van der Waals surface area contributed by atoms with Crippen molar-refractivity contribution in [2.24, 2.45) is 56.7 Å². The van der Waals surface area contributed by atoms with Gasteiger partial charge in [0.1, 0.15) is 6.29 Å². The van der Waals surface area contributed by atoms with E-state index in [1.807, 2.05) is 12.1 Å². The van der Waals surface area contributed by atoms with Crippen LogP contribution in [0.15, 0.2) is 42.5 Å². The number of thioether (sulfide) groups is 1. The predicted octanol–water partition coefficient (Wildman–Crippen LogP) is 9.94. The van der Waals surface area contributed by atoms with Crippen LogP contribution in [0.5, 0.6) is 0 Å². The number of ether oxygens (including phenoxy) is 1. The molecule has 0 spiro atoms. The highest BCUT2D eigenvalue weighted by Gasteiger charge is 2.70. The lowest BCUT2D eigenvalue weighted by Gasteiger charge is -2.72. The standard InChI is InChI=1S/C44H63NO4S/c1-30(2)33-16-21-44(28-45(24-9-26-46)25-27-50-29-47)23-22-42(6)35(38(33)44)14-15-37-41(5)19-17-34(31-10-12-32(13-11-31)39(48)49-8)40(3,4)36(41)18-20-43(37,42)7/h10-13,17,26,29,33,35-38H,1,9,14-16,18-25,27-28H2,2-8H3/t33-,35+,36-,37+,38+,41-,42+,43+,44+/m0/s1. The quantitative estimate of drug-likeness (QED) is 0.0936. The van der Waals surface area contributed by atoms with Crippen molar-refractivity contribution >= 4 is 35.2 Å². The van der Waals surface area contributed by atoms with Crippen molar-refractivity contribution in [2.45, 2.75) is 106 Å². The monoisotopic (exact) mass is 701 g/mol. The minimum atomic E-state index is -0.285. The third-order valence-electron chi connectivity index (χ3n) is 16.1. The Kier molecular flexibility index (Phi) is 10.5. The summed E-state index contributed by atoms with van der Waals surface area (Å²) in [4.78, 5) is 37.3. The zero-order valence-corrected chi connectivity index (χ0v) is 32.8. The van der Waals surface area contributed by atoms with E-state index >= 15 is 0 Å². The van der Waals surface area contributed by atoms with Crippen molar-refractivity contribution in [3.8, 4) is 0 Å². The second-order valence-corrected chi connectivity index (χ2v) is 19.3. The van der Waals surface area contributed by atoms with E-state index in [2.05, 4.69) is 71.2 Å². The number of carbonyl (C=O) groups is 3. The molecule has 274 valence electrons. The van der Waals surface area contributed by atoms with Crippen LogP contribution in [0.25, 0.3) is 5.57 Å². The number of allylic oxidation sites excluding steroid dienone is 3. The summed E-state index contributed by atoms with van der Waals surface area (Å²) in [5.74, 6) is 3.65. The summed E-state index contributed by atoms with van der Waals surface area (Å²) in [7, 11) is 1.44. The van der Waals surface area contributed by atoms with E-state index in [0.29, 0.717) is 41.6 Å². The van der Waals surface area contributed by atoms with Crippen molar-refractivity contribution in [3.63, 3.8) is 0 Å². The van der Waals surface area contributed by atoms with Gasteiger partial charge < -0.3 is 14.4 Å². The van der Waals surface area contributed by atoms with Gasteiger partial charge in [0.05, 0.1) is 12.7 Å². The van der Waals surface area contributed by atoms with Gasteiger partial charge in [-0.2, -0.15) is 0 Å². The fourth-order valence-corrected chi connectivity index (χ4v) is 14.2. The largest absolute Gasteiger partial charge is 0.465 e. The molecule has 6 heteroatoms. The number of benzene rings is 1. The van der Waals surface area contributed by atoms with Gasteiger partial charge in [0, 0.05) is 31.8 Å². The molecule has 0 saturated heterocycles. The van der Waals surface area contributed by atoms with Crippen molar-refractivity contribution < 1.29 is 19.1 Å². The maximum atomic E-state index is 12.1. The van der Waals surface area contributed by atoms with Gasteiger partial charge in [-0.1, -0.05) is 76.7 Å². The summed E-state index contributed by atoms with van der Waals surface area (Å²) in [6.45, 7) is 22.7. The molecule has 0 unspecified atom stereocenters. The third kappa shape index (κ3) is 5.91. The minimum Gasteiger partial charge on any atom is -0.465 e. The van der Waals surface area contributed by atoms with Crippen LogP contribution >= 0.6 is 11.8 Å². The Morgan fingerprint density at radius 1 is 0.940 bits per heavy atom. The Morgan fingerprint density at radius 3 is 2.34 bits per heavy atom. The first kappa shape index (κ1) is 37.6. The molecule has 1 aromatic rings. The second kappa shape index (κ2) is 14.0. The van der Waals surface area contributed by atoms with Gasteiger partial charge >= 0.3 is 5.97 Å². The van der Waals surface area contributed by atoms with Gasteiger partial charge in [-0.05, 0) is 145 Å². The number of hydrogen-bond donors (Lipinski definition) is 0. The normalized spacial score (nSPS) is 38.6. The maximum Gasteiger partial charge on any atom is 0.337 e. The van der Waals surface area contributed by atoms with Crippen LogP contribution in [0, 0.1) is 56.7 Å². The number of hydrogen-bond acceptors (Lipinski definition) is 6. The summed E-state index contributed by atoms with van der Waals surface area (Å²) < 4.78 is 4.96. The molecule has 50 heavy (non-hydrogen) atoms. The average molecular weight is 702 g/mol. The zero-order chi connectivity index (χ0) is 36.1. The molecule has 0 aromatic heterocycles. The highest BCUT2D eigenvalue weighted by atomic mass is 32.2. The molecule has 9 atom stereocenters. The van der Waals surface area contributed by atoms with Crippen LogP contribution in [-0.2, 0) is 14.3 Å². The lowest BCUT2D eigenvalue weighted by molar-refractivity contribution is -0.226. The predicted molar refractivity (Wildman–Crippen MR) is 206 cm³/mol.